The maximum absolute atomic E-state index is 5.51. The van der Waals surface area contributed by atoms with Gasteiger partial charge < -0.3 is 10.1 Å². The van der Waals surface area contributed by atoms with Crippen LogP contribution in [0.4, 0.5) is 0 Å². The van der Waals surface area contributed by atoms with E-state index in [0.29, 0.717) is 6.04 Å². The van der Waals surface area contributed by atoms with Gasteiger partial charge in [-0.15, -0.1) is 0 Å². The lowest BCUT2D eigenvalue weighted by Gasteiger charge is -2.30. The zero-order valence-corrected chi connectivity index (χ0v) is 13.3. The van der Waals surface area contributed by atoms with Crippen LogP contribution in [0.3, 0.4) is 0 Å². The van der Waals surface area contributed by atoms with Gasteiger partial charge in [-0.05, 0) is 32.7 Å². The Morgan fingerprint density at radius 3 is 2.70 bits per heavy atom. The lowest BCUT2D eigenvalue weighted by molar-refractivity contribution is 0.259. The first-order valence-corrected chi connectivity index (χ1v) is 7.88. The molecule has 0 radical (unpaired) electrons. The Bertz CT molecular complexity index is 441. The predicted molar refractivity (Wildman–Crippen MR) is 83.4 cm³/mol. The first-order valence-electron chi connectivity index (χ1n) is 7.88. The summed E-state index contributed by atoms with van der Waals surface area (Å²) in [6.45, 7) is 7.39. The van der Waals surface area contributed by atoms with Gasteiger partial charge >= 0.3 is 0 Å². The van der Waals surface area contributed by atoms with Gasteiger partial charge in [0.25, 0.3) is 0 Å². The second-order valence-electron chi connectivity index (χ2n) is 6.04. The quantitative estimate of drug-likeness (QED) is 0.828. The third-order valence-corrected chi connectivity index (χ3v) is 4.52. The van der Waals surface area contributed by atoms with Gasteiger partial charge in [0.05, 0.1) is 7.11 Å². The second kappa shape index (κ2) is 7.07. The van der Waals surface area contributed by atoms with E-state index in [1.165, 1.54) is 36.9 Å². The highest BCUT2D eigenvalue weighted by atomic mass is 16.5. The van der Waals surface area contributed by atoms with Crippen molar-refractivity contribution in [3.63, 3.8) is 0 Å². The minimum absolute atomic E-state index is 0.545. The van der Waals surface area contributed by atoms with Gasteiger partial charge in [-0.3, -0.25) is 4.98 Å². The topological polar surface area (TPSA) is 34.2 Å². The lowest BCUT2D eigenvalue weighted by atomic mass is 9.80. The molecule has 1 N–H and O–H groups in total. The third kappa shape index (κ3) is 3.51. The number of hydrogen-bond donors (Lipinski definition) is 1. The monoisotopic (exact) mass is 276 g/mol. The summed E-state index contributed by atoms with van der Waals surface area (Å²) < 4.78 is 5.51. The van der Waals surface area contributed by atoms with Crippen molar-refractivity contribution >= 4 is 0 Å². The molecule has 0 spiro atoms. The molecule has 1 aliphatic rings. The minimum Gasteiger partial charge on any atom is -0.496 e. The van der Waals surface area contributed by atoms with E-state index in [-0.39, 0.29) is 0 Å². The van der Waals surface area contributed by atoms with Crippen LogP contribution < -0.4 is 10.1 Å². The first-order chi connectivity index (χ1) is 9.65. The number of rotatable bonds is 7. The number of hydrogen-bond acceptors (Lipinski definition) is 3. The second-order valence-corrected chi connectivity index (χ2v) is 6.04. The zero-order chi connectivity index (χ0) is 14.5. The summed E-state index contributed by atoms with van der Waals surface area (Å²) in [6.07, 6.45) is 8.46. The van der Waals surface area contributed by atoms with Crippen LogP contribution in [-0.4, -0.2) is 24.7 Å². The van der Waals surface area contributed by atoms with Gasteiger partial charge in [-0.2, -0.15) is 0 Å². The highest BCUT2D eigenvalue weighted by molar-refractivity contribution is 5.41. The molecule has 112 valence electrons. The SMILES string of the molecule is CCNC(Cc1ncc(C)c(OC)c1C)CC1CCC1. The number of aromatic nitrogens is 1. The van der Waals surface area contributed by atoms with E-state index in [4.69, 9.17) is 4.74 Å². The summed E-state index contributed by atoms with van der Waals surface area (Å²) in [7, 11) is 1.75. The van der Waals surface area contributed by atoms with Crippen molar-refractivity contribution in [3.05, 3.63) is 23.0 Å². The van der Waals surface area contributed by atoms with Crippen LogP contribution in [0.25, 0.3) is 0 Å². The van der Waals surface area contributed by atoms with Gasteiger partial charge in [-0.1, -0.05) is 26.2 Å². The Morgan fingerprint density at radius 1 is 1.40 bits per heavy atom. The fourth-order valence-corrected chi connectivity index (χ4v) is 3.17. The summed E-state index contributed by atoms with van der Waals surface area (Å²) >= 11 is 0. The number of nitrogens with zero attached hydrogens (tertiary/aromatic N) is 1. The van der Waals surface area contributed by atoms with Crippen molar-refractivity contribution in [2.45, 2.75) is 58.9 Å². The Hall–Kier alpha value is -1.09. The summed E-state index contributed by atoms with van der Waals surface area (Å²) in [5.74, 6) is 1.92. The Morgan fingerprint density at radius 2 is 2.15 bits per heavy atom. The first kappa shape index (κ1) is 15.3. The average molecular weight is 276 g/mol. The molecule has 1 aromatic heterocycles. The third-order valence-electron chi connectivity index (χ3n) is 4.52. The van der Waals surface area contributed by atoms with Crippen molar-refractivity contribution in [1.29, 1.82) is 0 Å². The average Bonchev–Trinajstić information content (AvgIpc) is 2.38. The Balaban J connectivity index is 2.08. The minimum atomic E-state index is 0.545. The smallest absolute Gasteiger partial charge is 0.128 e. The molecule has 20 heavy (non-hydrogen) atoms. The molecular formula is C17H28N2O. The number of nitrogens with one attached hydrogen (secondary N) is 1. The van der Waals surface area contributed by atoms with Crippen molar-refractivity contribution in [2.75, 3.05) is 13.7 Å². The fraction of sp³-hybridized carbons (Fsp3) is 0.706. The molecule has 1 aromatic rings. The lowest BCUT2D eigenvalue weighted by Crippen LogP contribution is -2.35. The molecule has 0 aromatic carbocycles. The molecule has 1 aliphatic carbocycles. The van der Waals surface area contributed by atoms with Gasteiger partial charge in [0.1, 0.15) is 5.75 Å². The standard InChI is InChI=1S/C17H28N2O/c1-5-18-15(9-14-7-6-8-14)10-16-13(3)17(20-4)12(2)11-19-16/h11,14-15,18H,5-10H2,1-4H3. The van der Waals surface area contributed by atoms with E-state index in [2.05, 4.69) is 31.1 Å². The van der Waals surface area contributed by atoms with Gasteiger partial charge in [0.2, 0.25) is 0 Å². The van der Waals surface area contributed by atoms with Crippen molar-refractivity contribution in [3.8, 4) is 5.75 Å². The molecule has 3 heteroatoms. The number of pyridine rings is 1. The van der Waals surface area contributed by atoms with E-state index in [9.17, 15) is 0 Å². The zero-order valence-electron chi connectivity index (χ0n) is 13.3. The summed E-state index contributed by atoms with van der Waals surface area (Å²) in [4.78, 5) is 4.64. The number of ether oxygens (including phenoxy) is 1. The normalized spacial score (nSPS) is 16.8. The molecule has 1 fully saturated rings. The van der Waals surface area contributed by atoms with Crippen LogP contribution in [-0.2, 0) is 6.42 Å². The van der Waals surface area contributed by atoms with Crippen LogP contribution in [0.1, 0.15) is 49.4 Å². The largest absolute Gasteiger partial charge is 0.496 e. The maximum Gasteiger partial charge on any atom is 0.128 e. The maximum atomic E-state index is 5.51. The van der Waals surface area contributed by atoms with Crippen molar-refractivity contribution in [2.24, 2.45) is 5.92 Å². The molecule has 1 atom stereocenters. The molecule has 0 aliphatic heterocycles. The Kier molecular flexibility index (Phi) is 5.41. The molecule has 0 bridgehead atoms. The van der Waals surface area contributed by atoms with E-state index in [1.54, 1.807) is 7.11 Å². The van der Waals surface area contributed by atoms with E-state index >= 15 is 0 Å². The van der Waals surface area contributed by atoms with Gasteiger partial charge in [-0.25, -0.2) is 0 Å². The molecule has 1 saturated carbocycles. The molecule has 0 saturated heterocycles. The Labute approximate surface area is 123 Å². The van der Waals surface area contributed by atoms with Crippen LogP contribution in [0.5, 0.6) is 5.75 Å². The van der Waals surface area contributed by atoms with Gasteiger partial charge in [0, 0.05) is 35.5 Å². The van der Waals surface area contributed by atoms with Gasteiger partial charge in [0.15, 0.2) is 0 Å². The van der Waals surface area contributed by atoms with Crippen LogP contribution in [0, 0.1) is 19.8 Å². The molecular weight excluding hydrogens is 248 g/mol. The summed E-state index contributed by atoms with van der Waals surface area (Å²) in [5, 5.41) is 3.63. The molecule has 1 heterocycles. The molecule has 2 rings (SSSR count). The molecule has 0 amide bonds. The van der Waals surface area contributed by atoms with Crippen LogP contribution >= 0.6 is 0 Å². The van der Waals surface area contributed by atoms with Crippen LogP contribution in [0.15, 0.2) is 6.20 Å². The summed E-state index contributed by atoms with van der Waals surface area (Å²) in [6, 6.07) is 0.545. The van der Waals surface area contributed by atoms with E-state index < -0.39 is 0 Å². The molecule has 1 unspecified atom stereocenters. The number of likely N-dealkylation sites (N-methyl/N-ethyl adjacent to an activating group) is 1. The van der Waals surface area contributed by atoms with Crippen molar-refractivity contribution in [1.82, 2.24) is 10.3 Å². The van der Waals surface area contributed by atoms with Crippen LogP contribution in [0.2, 0.25) is 0 Å². The van der Waals surface area contributed by atoms with E-state index in [1.807, 2.05) is 6.20 Å². The fourth-order valence-electron chi connectivity index (χ4n) is 3.17. The summed E-state index contributed by atoms with van der Waals surface area (Å²) in [5.41, 5.74) is 3.49. The number of aryl methyl sites for hydroxylation is 1. The number of methoxy groups -OCH3 is 1. The van der Waals surface area contributed by atoms with E-state index in [0.717, 1.165) is 30.2 Å². The highest BCUT2D eigenvalue weighted by Crippen LogP contribution is 2.32. The predicted octanol–water partition coefficient (Wildman–Crippen LogP) is 3.42. The highest BCUT2D eigenvalue weighted by Gasteiger charge is 2.23. The van der Waals surface area contributed by atoms with Crippen molar-refractivity contribution < 1.29 is 4.74 Å². The molecule has 3 nitrogen and oxygen atoms in total.